The average Bonchev–Trinajstić information content (AvgIpc) is 2.38. The molecule has 4 heteroatoms. The summed E-state index contributed by atoms with van der Waals surface area (Å²) in [5, 5.41) is 8.67. The van der Waals surface area contributed by atoms with E-state index in [1.807, 2.05) is 0 Å². The minimum atomic E-state index is -0.712. The molecule has 0 amide bonds. The number of hydrogen-bond donors (Lipinski definition) is 1. The Labute approximate surface area is 108 Å². The van der Waals surface area contributed by atoms with Crippen molar-refractivity contribution >= 4 is 11.7 Å². The van der Waals surface area contributed by atoms with E-state index in [1.165, 1.54) is 11.3 Å². The van der Waals surface area contributed by atoms with Gasteiger partial charge in [0.25, 0.3) is 0 Å². The van der Waals surface area contributed by atoms with Crippen LogP contribution in [-0.2, 0) is 4.79 Å². The number of aliphatic carboxylic acids is 1. The van der Waals surface area contributed by atoms with E-state index in [9.17, 15) is 4.79 Å². The Balaban J connectivity index is 1.87. The third-order valence-corrected chi connectivity index (χ3v) is 3.47. The normalized spacial score (nSPS) is 16.8. The molecule has 0 aliphatic carbocycles. The zero-order chi connectivity index (χ0) is 13.0. The lowest BCUT2D eigenvalue weighted by Crippen LogP contribution is -2.47. The number of nitrogens with zero attached hydrogens (tertiary/aromatic N) is 2. The van der Waals surface area contributed by atoms with Gasteiger partial charge in [0.05, 0.1) is 6.42 Å². The third kappa shape index (κ3) is 3.23. The van der Waals surface area contributed by atoms with Crippen LogP contribution >= 0.6 is 0 Å². The summed E-state index contributed by atoms with van der Waals surface area (Å²) in [7, 11) is 0. The standard InChI is InChI=1S/C14H20N2O2/c1-12-4-2-3-5-13(12)16-10-8-15(9-11-16)7-6-14(17)18/h2-5H,6-11H2,1H3,(H,17,18). The van der Waals surface area contributed by atoms with Gasteiger partial charge in [0, 0.05) is 38.4 Å². The topological polar surface area (TPSA) is 43.8 Å². The van der Waals surface area contributed by atoms with Crippen molar-refractivity contribution in [2.24, 2.45) is 0 Å². The Hall–Kier alpha value is -1.55. The number of anilines is 1. The van der Waals surface area contributed by atoms with Crippen LogP contribution in [0.3, 0.4) is 0 Å². The molecule has 98 valence electrons. The second-order valence-corrected chi connectivity index (χ2v) is 4.76. The van der Waals surface area contributed by atoms with Crippen LogP contribution in [-0.4, -0.2) is 48.7 Å². The van der Waals surface area contributed by atoms with Gasteiger partial charge in [-0.25, -0.2) is 0 Å². The summed E-state index contributed by atoms with van der Waals surface area (Å²) in [4.78, 5) is 15.1. The first-order chi connectivity index (χ1) is 8.66. The van der Waals surface area contributed by atoms with Crippen molar-refractivity contribution in [1.29, 1.82) is 0 Å². The number of para-hydroxylation sites is 1. The number of piperazine rings is 1. The zero-order valence-electron chi connectivity index (χ0n) is 10.8. The molecule has 0 aromatic heterocycles. The molecule has 1 heterocycles. The maximum Gasteiger partial charge on any atom is 0.304 e. The van der Waals surface area contributed by atoms with Crippen molar-refractivity contribution in [2.45, 2.75) is 13.3 Å². The van der Waals surface area contributed by atoms with Gasteiger partial charge in [-0.2, -0.15) is 0 Å². The van der Waals surface area contributed by atoms with E-state index in [0.29, 0.717) is 6.54 Å². The summed E-state index contributed by atoms with van der Waals surface area (Å²) in [6.45, 7) is 6.64. The molecule has 0 atom stereocenters. The molecule has 1 aromatic carbocycles. The number of hydrogen-bond acceptors (Lipinski definition) is 3. The summed E-state index contributed by atoms with van der Waals surface area (Å²) in [5.74, 6) is -0.712. The SMILES string of the molecule is Cc1ccccc1N1CCN(CCC(=O)O)CC1. The Morgan fingerprint density at radius 2 is 1.89 bits per heavy atom. The van der Waals surface area contributed by atoms with Crippen molar-refractivity contribution in [3.8, 4) is 0 Å². The van der Waals surface area contributed by atoms with Crippen LogP contribution in [0.25, 0.3) is 0 Å². The van der Waals surface area contributed by atoms with Gasteiger partial charge in [-0.05, 0) is 18.6 Å². The first kappa shape index (κ1) is 12.9. The van der Waals surface area contributed by atoms with E-state index in [-0.39, 0.29) is 6.42 Å². The fourth-order valence-electron chi connectivity index (χ4n) is 2.38. The number of carboxylic acids is 1. The van der Waals surface area contributed by atoms with Crippen molar-refractivity contribution < 1.29 is 9.90 Å². The highest BCUT2D eigenvalue weighted by atomic mass is 16.4. The summed E-state index contributed by atoms with van der Waals surface area (Å²) in [6.07, 6.45) is 0.240. The number of benzene rings is 1. The Bertz CT molecular complexity index is 412. The fraction of sp³-hybridized carbons (Fsp3) is 0.500. The van der Waals surface area contributed by atoms with Gasteiger partial charge in [0.1, 0.15) is 0 Å². The summed E-state index contributed by atoms with van der Waals surface area (Å²) < 4.78 is 0. The molecule has 1 saturated heterocycles. The lowest BCUT2D eigenvalue weighted by molar-refractivity contribution is -0.137. The van der Waals surface area contributed by atoms with E-state index in [0.717, 1.165) is 26.2 Å². The third-order valence-electron chi connectivity index (χ3n) is 3.47. The second-order valence-electron chi connectivity index (χ2n) is 4.76. The van der Waals surface area contributed by atoms with Gasteiger partial charge in [-0.15, -0.1) is 0 Å². The highest BCUT2D eigenvalue weighted by Gasteiger charge is 2.18. The quantitative estimate of drug-likeness (QED) is 0.879. The van der Waals surface area contributed by atoms with Crippen LogP contribution in [0.5, 0.6) is 0 Å². The van der Waals surface area contributed by atoms with Crippen LogP contribution in [0.15, 0.2) is 24.3 Å². The molecule has 1 aliphatic rings. The summed E-state index contributed by atoms with van der Waals surface area (Å²) in [5.41, 5.74) is 2.60. The minimum absolute atomic E-state index is 0.240. The second kappa shape index (κ2) is 5.87. The van der Waals surface area contributed by atoms with Gasteiger partial charge in [0.15, 0.2) is 0 Å². The first-order valence-corrected chi connectivity index (χ1v) is 6.41. The summed E-state index contributed by atoms with van der Waals surface area (Å²) >= 11 is 0. The van der Waals surface area contributed by atoms with E-state index in [2.05, 4.69) is 41.0 Å². The van der Waals surface area contributed by atoms with Crippen LogP contribution in [0, 0.1) is 6.92 Å². The number of carbonyl (C=O) groups is 1. The van der Waals surface area contributed by atoms with Crippen molar-refractivity contribution in [3.63, 3.8) is 0 Å². The largest absolute Gasteiger partial charge is 0.481 e. The lowest BCUT2D eigenvalue weighted by atomic mass is 10.1. The number of carboxylic acid groups (broad SMARTS) is 1. The van der Waals surface area contributed by atoms with Crippen molar-refractivity contribution in [2.75, 3.05) is 37.6 Å². The van der Waals surface area contributed by atoms with E-state index >= 15 is 0 Å². The lowest BCUT2D eigenvalue weighted by Gasteiger charge is -2.36. The maximum absolute atomic E-state index is 10.5. The van der Waals surface area contributed by atoms with E-state index in [1.54, 1.807) is 0 Å². The van der Waals surface area contributed by atoms with Gasteiger partial charge in [-0.3, -0.25) is 9.69 Å². The molecule has 0 spiro atoms. The smallest absolute Gasteiger partial charge is 0.304 e. The van der Waals surface area contributed by atoms with Gasteiger partial charge in [-0.1, -0.05) is 18.2 Å². The predicted octanol–water partition coefficient (Wildman–Crippen LogP) is 1.59. The monoisotopic (exact) mass is 248 g/mol. The first-order valence-electron chi connectivity index (χ1n) is 6.41. The molecule has 18 heavy (non-hydrogen) atoms. The highest BCUT2D eigenvalue weighted by Crippen LogP contribution is 2.20. The van der Waals surface area contributed by atoms with E-state index in [4.69, 9.17) is 5.11 Å². The fourth-order valence-corrected chi connectivity index (χ4v) is 2.38. The summed E-state index contributed by atoms with van der Waals surface area (Å²) in [6, 6.07) is 8.41. The van der Waals surface area contributed by atoms with Crippen LogP contribution in [0.1, 0.15) is 12.0 Å². The number of aryl methyl sites for hydroxylation is 1. The Kier molecular flexibility index (Phi) is 4.20. The van der Waals surface area contributed by atoms with Crippen LogP contribution in [0.4, 0.5) is 5.69 Å². The van der Waals surface area contributed by atoms with Crippen LogP contribution < -0.4 is 4.90 Å². The van der Waals surface area contributed by atoms with E-state index < -0.39 is 5.97 Å². The van der Waals surface area contributed by atoms with Crippen LogP contribution in [0.2, 0.25) is 0 Å². The molecule has 0 radical (unpaired) electrons. The molecule has 1 aromatic rings. The molecule has 1 N–H and O–H groups in total. The van der Waals surface area contributed by atoms with Gasteiger partial charge < -0.3 is 10.0 Å². The molecular weight excluding hydrogens is 228 g/mol. The van der Waals surface area contributed by atoms with Gasteiger partial charge in [0.2, 0.25) is 0 Å². The minimum Gasteiger partial charge on any atom is -0.481 e. The molecular formula is C14H20N2O2. The Morgan fingerprint density at radius 3 is 2.50 bits per heavy atom. The molecule has 0 saturated carbocycles. The molecule has 0 unspecified atom stereocenters. The van der Waals surface area contributed by atoms with Crippen molar-refractivity contribution in [1.82, 2.24) is 4.90 Å². The van der Waals surface area contributed by atoms with Gasteiger partial charge >= 0.3 is 5.97 Å². The number of rotatable bonds is 4. The Morgan fingerprint density at radius 1 is 1.22 bits per heavy atom. The van der Waals surface area contributed by atoms with Crippen molar-refractivity contribution in [3.05, 3.63) is 29.8 Å². The molecule has 0 bridgehead atoms. The highest BCUT2D eigenvalue weighted by molar-refractivity contribution is 5.66. The molecule has 1 fully saturated rings. The molecule has 1 aliphatic heterocycles. The zero-order valence-corrected chi connectivity index (χ0v) is 10.8. The maximum atomic E-state index is 10.5. The molecule has 4 nitrogen and oxygen atoms in total. The molecule has 2 rings (SSSR count). The predicted molar refractivity (Wildman–Crippen MR) is 72.1 cm³/mol. The average molecular weight is 248 g/mol.